The Morgan fingerprint density at radius 1 is 0.400 bits per heavy atom. The summed E-state index contributed by atoms with van der Waals surface area (Å²) in [6.45, 7) is 10.4. The lowest BCUT2D eigenvalue weighted by Gasteiger charge is -2.12. The van der Waals surface area contributed by atoms with Gasteiger partial charge in [0.05, 0.1) is 92.5 Å². The van der Waals surface area contributed by atoms with Crippen molar-refractivity contribution in [2.24, 2.45) is 0 Å². The van der Waals surface area contributed by atoms with Gasteiger partial charge in [0.1, 0.15) is 24.7 Å². The molecular formula is C25H44O10. The number of methoxy groups -OCH3 is 2. The fourth-order valence-corrected chi connectivity index (χ4v) is 2.69. The fourth-order valence-electron chi connectivity index (χ4n) is 2.69. The molecule has 1 aromatic carbocycles. The summed E-state index contributed by atoms with van der Waals surface area (Å²) in [7, 11) is 3.29. The predicted octanol–water partition coefficient (Wildman–Crippen LogP) is 2.15. The van der Waals surface area contributed by atoms with Crippen LogP contribution in [0.3, 0.4) is 0 Å². The van der Waals surface area contributed by atoms with Gasteiger partial charge in [-0.15, -0.1) is 0 Å². The molecule has 0 amide bonds. The molecule has 0 unspecified atom stereocenters. The lowest BCUT2D eigenvalue weighted by Crippen LogP contribution is -2.14. The summed E-state index contributed by atoms with van der Waals surface area (Å²) in [5.41, 5.74) is 1.06. The molecule has 0 atom stereocenters. The molecule has 0 aliphatic rings. The average molecular weight is 505 g/mol. The third kappa shape index (κ3) is 20.4. The molecule has 35 heavy (non-hydrogen) atoms. The molecule has 0 spiro atoms. The minimum Gasteiger partial charge on any atom is -0.491 e. The fraction of sp³-hybridized carbons (Fsp3) is 0.760. The van der Waals surface area contributed by atoms with E-state index in [2.05, 4.69) is 0 Å². The van der Waals surface area contributed by atoms with Gasteiger partial charge in [-0.2, -0.15) is 0 Å². The van der Waals surface area contributed by atoms with E-state index in [1.807, 2.05) is 25.1 Å². The van der Waals surface area contributed by atoms with Crippen molar-refractivity contribution in [1.29, 1.82) is 0 Å². The summed E-state index contributed by atoms with van der Waals surface area (Å²) >= 11 is 0. The van der Waals surface area contributed by atoms with Crippen molar-refractivity contribution < 1.29 is 47.4 Å². The second kappa shape index (κ2) is 24.2. The minimum absolute atomic E-state index is 0.448. The molecule has 0 aliphatic carbocycles. The highest BCUT2D eigenvalue weighted by Crippen LogP contribution is 2.22. The first-order chi connectivity index (χ1) is 17.3. The Labute approximate surface area is 210 Å². The summed E-state index contributed by atoms with van der Waals surface area (Å²) in [5.74, 6) is 1.49. The molecule has 0 radical (unpaired) electrons. The highest BCUT2D eigenvalue weighted by atomic mass is 16.6. The van der Waals surface area contributed by atoms with Gasteiger partial charge in [0.25, 0.3) is 0 Å². The van der Waals surface area contributed by atoms with Crippen LogP contribution in [0, 0.1) is 6.92 Å². The highest BCUT2D eigenvalue weighted by molar-refractivity contribution is 5.37. The third-order valence-corrected chi connectivity index (χ3v) is 4.37. The van der Waals surface area contributed by atoms with Crippen molar-refractivity contribution in [3.05, 3.63) is 23.8 Å². The van der Waals surface area contributed by atoms with Crippen LogP contribution in [0.5, 0.6) is 11.5 Å². The summed E-state index contributed by atoms with van der Waals surface area (Å²) in [5, 5.41) is 0. The molecule has 0 aromatic heterocycles. The number of aryl methyl sites for hydroxylation is 1. The molecule has 10 nitrogen and oxygen atoms in total. The Bertz CT molecular complexity index is 541. The lowest BCUT2D eigenvalue weighted by molar-refractivity contribution is -0.000104. The van der Waals surface area contributed by atoms with Crippen molar-refractivity contribution in [3.8, 4) is 11.5 Å². The van der Waals surface area contributed by atoms with E-state index in [1.54, 1.807) is 14.2 Å². The SMILES string of the molecule is COCCOCCOCCOCCOc1cc(C)cc(OCCOCCOCCOCCOC)c1. The largest absolute Gasteiger partial charge is 0.491 e. The quantitative estimate of drug-likeness (QED) is 0.175. The zero-order valence-electron chi connectivity index (χ0n) is 21.6. The maximum atomic E-state index is 5.78. The number of ether oxygens (including phenoxy) is 10. The summed E-state index contributed by atoms with van der Waals surface area (Å²) in [6.07, 6.45) is 0. The Kier molecular flexibility index (Phi) is 21.8. The summed E-state index contributed by atoms with van der Waals surface area (Å²) in [6, 6.07) is 5.80. The van der Waals surface area contributed by atoms with E-state index in [0.29, 0.717) is 106 Å². The minimum atomic E-state index is 0.448. The van der Waals surface area contributed by atoms with Crippen molar-refractivity contribution in [2.75, 3.05) is 120 Å². The smallest absolute Gasteiger partial charge is 0.123 e. The summed E-state index contributed by atoms with van der Waals surface area (Å²) in [4.78, 5) is 0. The third-order valence-electron chi connectivity index (χ3n) is 4.37. The van der Waals surface area contributed by atoms with Crippen molar-refractivity contribution in [3.63, 3.8) is 0 Å². The van der Waals surface area contributed by atoms with Crippen LogP contribution in [0.1, 0.15) is 5.56 Å². The van der Waals surface area contributed by atoms with E-state index in [9.17, 15) is 0 Å². The van der Waals surface area contributed by atoms with Crippen LogP contribution < -0.4 is 9.47 Å². The van der Waals surface area contributed by atoms with E-state index >= 15 is 0 Å². The van der Waals surface area contributed by atoms with Gasteiger partial charge in [0.2, 0.25) is 0 Å². The average Bonchev–Trinajstić information content (AvgIpc) is 2.85. The topological polar surface area (TPSA) is 92.3 Å². The first-order valence-corrected chi connectivity index (χ1v) is 12.1. The maximum absolute atomic E-state index is 5.78. The molecule has 0 saturated heterocycles. The van der Waals surface area contributed by atoms with Gasteiger partial charge < -0.3 is 47.4 Å². The van der Waals surface area contributed by atoms with Gasteiger partial charge in [0.15, 0.2) is 0 Å². The van der Waals surface area contributed by atoms with Crippen LogP contribution in [-0.2, 0) is 37.9 Å². The molecular weight excluding hydrogens is 460 g/mol. The van der Waals surface area contributed by atoms with Gasteiger partial charge in [0, 0.05) is 20.3 Å². The van der Waals surface area contributed by atoms with Crippen molar-refractivity contribution >= 4 is 0 Å². The molecule has 204 valence electrons. The molecule has 0 N–H and O–H groups in total. The van der Waals surface area contributed by atoms with Crippen molar-refractivity contribution in [2.45, 2.75) is 6.92 Å². The molecule has 1 aromatic rings. The predicted molar refractivity (Wildman–Crippen MR) is 131 cm³/mol. The van der Waals surface area contributed by atoms with E-state index in [-0.39, 0.29) is 0 Å². The number of benzene rings is 1. The van der Waals surface area contributed by atoms with Crippen molar-refractivity contribution in [1.82, 2.24) is 0 Å². The Morgan fingerprint density at radius 3 is 1.00 bits per heavy atom. The lowest BCUT2D eigenvalue weighted by atomic mass is 10.2. The van der Waals surface area contributed by atoms with E-state index in [1.165, 1.54) is 0 Å². The van der Waals surface area contributed by atoms with Crippen LogP contribution >= 0.6 is 0 Å². The van der Waals surface area contributed by atoms with Gasteiger partial charge in [-0.05, 0) is 24.6 Å². The normalized spacial score (nSPS) is 11.2. The second-order valence-corrected chi connectivity index (χ2v) is 7.34. The Morgan fingerprint density at radius 2 is 0.686 bits per heavy atom. The van der Waals surface area contributed by atoms with Crippen LogP contribution in [-0.4, -0.2) is 120 Å². The first kappa shape index (κ1) is 31.5. The zero-order chi connectivity index (χ0) is 25.2. The first-order valence-electron chi connectivity index (χ1n) is 12.1. The monoisotopic (exact) mass is 504 g/mol. The Hall–Kier alpha value is -1.50. The molecule has 0 saturated carbocycles. The number of rotatable bonds is 26. The molecule has 10 heteroatoms. The molecule has 0 fully saturated rings. The second-order valence-electron chi connectivity index (χ2n) is 7.34. The van der Waals surface area contributed by atoms with Gasteiger partial charge in [-0.3, -0.25) is 0 Å². The van der Waals surface area contributed by atoms with Gasteiger partial charge in [-0.25, -0.2) is 0 Å². The Balaban J connectivity index is 1.99. The zero-order valence-corrected chi connectivity index (χ0v) is 21.6. The molecule has 0 bridgehead atoms. The molecule has 1 rings (SSSR count). The number of hydrogen-bond acceptors (Lipinski definition) is 10. The van der Waals surface area contributed by atoms with Gasteiger partial charge >= 0.3 is 0 Å². The van der Waals surface area contributed by atoms with E-state index in [4.69, 9.17) is 47.4 Å². The molecule has 0 aliphatic heterocycles. The van der Waals surface area contributed by atoms with Gasteiger partial charge in [-0.1, -0.05) is 0 Å². The summed E-state index contributed by atoms with van der Waals surface area (Å²) < 4.78 is 53.9. The number of hydrogen-bond donors (Lipinski definition) is 0. The van der Waals surface area contributed by atoms with Crippen LogP contribution in [0.15, 0.2) is 18.2 Å². The van der Waals surface area contributed by atoms with Crippen LogP contribution in [0.2, 0.25) is 0 Å². The maximum Gasteiger partial charge on any atom is 0.123 e. The van der Waals surface area contributed by atoms with E-state index in [0.717, 1.165) is 17.1 Å². The molecule has 0 heterocycles. The van der Waals surface area contributed by atoms with E-state index < -0.39 is 0 Å². The van der Waals surface area contributed by atoms with Crippen LogP contribution in [0.25, 0.3) is 0 Å². The standard InChI is InChI=1S/C25H44O10/c1-23-20-24(34-18-16-32-14-12-30-10-8-28-6-4-26-2)22-25(21-23)35-19-17-33-15-13-31-11-9-29-7-5-27-3/h20-22H,4-19H2,1-3H3. The highest BCUT2D eigenvalue weighted by Gasteiger charge is 2.02. The van der Waals surface area contributed by atoms with Crippen LogP contribution in [0.4, 0.5) is 0 Å².